The number of rotatable bonds is 7. The maximum atomic E-state index is 12.4. The Morgan fingerprint density at radius 1 is 1.15 bits per heavy atom. The van der Waals surface area contributed by atoms with Gasteiger partial charge in [-0.15, -0.1) is 10.2 Å². The van der Waals surface area contributed by atoms with Crippen LogP contribution in [0.4, 0.5) is 5.69 Å². The molecule has 0 unspecified atom stereocenters. The van der Waals surface area contributed by atoms with Crippen LogP contribution < -0.4 is 14.8 Å². The van der Waals surface area contributed by atoms with Gasteiger partial charge in [-0.3, -0.25) is 4.79 Å². The van der Waals surface area contributed by atoms with E-state index in [-0.39, 0.29) is 12.5 Å². The van der Waals surface area contributed by atoms with Gasteiger partial charge in [-0.2, -0.15) is 5.26 Å². The van der Waals surface area contributed by atoms with Crippen LogP contribution in [0.15, 0.2) is 48.5 Å². The summed E-state index contributed by atoms with van der Waals surface area (Å²) in [5, 5.41) is 20.3. The zero-order valence-electron chi connectivity index (χ0n) is 18.5. The van der Waals surface area contributed by atoms with Crippen molar-refractivity contribution in [2.24, 2.45) is 0 Å². The average Bonchev–Trinajstić information content (AvgIpc) is 3.09. The molecule has 0 bridgehead atoms. The number of hydrogen-bond donors (Lipinski definition) is 1. The number of carbonyl (C=O) groups excluding carboxylic acids is 1. The lowest BCUT2D eigenvalue weighted by Gasteiger charge is -2.09. The van der Waals surface area contributed by atoms with Crippen LogP contribution >= 0.6 is 0 Å². The first-order chi connectivity index (χ1) is 16.2. The maximum Gasteiger partial charge on any atom is 0.248 e. The summed E-state index contributed by atoms with van der Waals surface area (Å²) in [5.74, 6) is 2.65. The van der Waals surface area contributed by atoms with E-state index in [1.54, 1.807) is 24.3 Å². The second-order valence-corrected chi connectivity index (χ2v) is 7.66. The third-order valence-corrected chi connectivity index (χ3v) is 5.43. The minimum atomic E-state index is -0.247. The van der Waals surface area contributed by atoms with Gasteiger partial charge in [0.25, 0.3) is 0 Å². The van der Waals surface area contributed by atoms with Gasteiger partial charge in [0.2, 0.25) is 5.91 Å². The number of methoxy groups -OCH3 is 1. The number of benzene rings is 2. The number of nitriles is 1. The van der Waals surface area contributed by atoms with Crippen molar-refractivity contribution < 1.29 is 14.3 Å². The molecule has 0 radical (unpaired) electrons. The van der Waals surface area contributed by atoms with E-state index in [0.717, 1.165) is 48.6 Å². The summed E-state index contributed by atoms with van der Waals surface area (Å²) < 4.78 is 12.8. The molecule has 0 atom stereocenters. The van der Waals surface area contributed by atoms with Crippen molar-refractivity contribution in [1.29, 1.82) is 5.26 Å². The summed E-state index contributed by atoms with van der Waals surface area (Å²) in [6, 6.07) is 14.8. The van der Waals surface area contributed by atoms with Crippen LogP contribution in [-0.4, -0.2) is 34.4 Å². The lowest BCUT2D eigenvalue weighted by atomic mass is 10.1. The monoisotopic (exact) mass is 443 g/mol. The molecule has 3 aromatic rings. The molecule has 1 aromatic heterocycles. The fourth-order valence-electron chi connectivity index (χ4n) is 3.77. The summed E-state index contributed by atoms with van der Waals surface area (Å²) in [5.41, 5.74) is 2.45. The Morgan fingerprint density at radius 2 is 2.00 bits per heavy atom. The number of fused-ring (bicyclic) bond motifs is 1. The van der Waals surface area contributed by atoms with Gasteiger partial charge in [-0.25, -0.2) is 0 Å². The topological polar surface area (TPSA) is 102 Å². The Bertz CT molecular complexity index is 1190. The van der Waals surface area contributed by atoms with Gasteiger partial charge in [-0.1, -0.05) is 12.5 Å². The Balaban J connectivity index is 1.40. The summed E-state index contributed by atoms with van der Waals surface area (Å²) >= 11 is 0. The molecule has 0 spiro atoms. The SMILES string of the molecule is COc1cc(/C=C/C(=O)Nc2ccc(-c3nnc4n3CCCCC4)cc2)ccc1OCC#N. The van der Waals surface area contributed by atoms with Crippen molar-refractivity contribution in [3.8, 4) is 29.0 Å². The first-order valence-corrected chi connectivity index (χ1v) is 10.9. The third kappa shape index (κ3) is 5.39. The molecule has 168 valence electrons. The molecule has 2 aromatic carbocycles. The molecule has 1 aliphatic heterocycles. The van der Waals surface area contributed by atoms with Crippen LogP contribution in [0.1, 0.15) is 30.7 Å². The van der Waals surface area contributed by atoms with Gasteiger partial charge in [0, 0.05) is 30.3 Å². The summed E-state index contributed by atoms with van der Waals surface area (Å²) in [4.78, 5) is 12.4. The van der Waals surface area contributed by atoms with Crippen LogP contribution in [0.25, 0.3) is 17.5 Å². The van der Waals surface area contributed by atoms with Crippen LogP contribution in [0.5, 0.6) is 11.5 Å². The largest absolute Gasteiger partial charge is 0.493 e. The molecule has 0 saturated carbocycles. The Kier molecular flexibility index (Phi) is 7.00. The van der Waals surface area contributed by atoms with Gasteiger partial charge in [0.1, 0.15) is 11.9 Å². The average molecular weight is 444 g/mol. The van der Waals surface area contributed by atoms with Gasteiger partial charge in [0.15, 0.2) is 23.9 Å². The van der Waals surface area contributed by atoms with E-state index < -0.39 is 0 Å². The molecule has 0 saturated heterocycles. The van der Waals surface area contributed by atoms with Crippen LogP contribution in [0.3, 0.4) is 0 Å². The number of hydrogen-bond acceptors (Lipinski definition) is 6. The van der Waals surface area contributed by atoms with E-state index in [4.69, 9.17) is 14.7 Å². The highest BCUT2D eigenvalue weighted by molar-refractivity contribution is 6.02. The van der Waals surface area contributed by atoms with Crippen molar-refractivity contribution in [2.75, 3.05) is 19.0 Å². The van der Waals surface area contributed by atoms with Gasteiger partial charge < -0.3 is 19.4 Å². The lowest BCUT2D eigenvalue weighted by Crippen LogP contribution is -2.07. The number of aryl methyl sites for hydroxylation is 1. The number of ether oxygens (including phenoxy) is 2. The van der Waals surface area contributed by atoms with Crippen LogP contribution in [0.2, 0.25) is 0 Å². The maximum absolute atomic E-state index is 12.4. The van der Waals surface area contributed by atoms with Crippen LogP contribution in [-0.2, 0) is 17.8 Å². The Labute approximate surface area is 192 Å². The fourth-order valence-corrected chi connectivity index (χ4v) is 3.77. The smallest absolute Gasteiger partial charge is 0.248 e. The van der Waals surface area contributed by atoms with E-state index in [1.807, 2.05) is 30.3 Å². The predicted octanol–water partition coefficient (Wildman–Crippen LogP) is 4.23. The molecule has 1 amide bonds. The van der Waals surface area contributed by atoms with Gasteiger partial charge in [-0.05, 0) is 60.9 Å². The zero-order valence-corrected chi connectivity index (χ0v) is 18.5. The normalized spacial score (nSPS) is 13.1. The standard InChI is InChI=1S/C25H25N5O3/c1-32-22-17-18(6-12-21(22)33-16-14-26)7-13-24(31)27-20-10-8-19(9-11-20)25-29-28-23-5-3-2-4-15-30(23)25/h6-13,17H,2-5,15-16H2,1H3,(H,27,31)/b13-7+. The highest BCUT2D eigenvalue weighted by Crippen LogP contribution is 2.28. The van der Waals surface area contributed by atoms with Gasteiger partial charge in [0.05, 0.1) is 7.11 Å². The number of anilines is 1. The number of amides is 1. The number of aromatic nitrogens is 3. The molecule has 8 nitrogen and oxygen atoms in total. The lowest BCUT2D eigenvalue weighted by molar-refractivity contribution is -0.111. The molecule has 8 heteroatoms. The molecule has 4 rings (SSSR count). The van der Waals surface area contributed by atoms with E-state index >= 15 is 0 Å². The van der Waals surface area contributed by atoms with E-state index in [2.05, 4.69) is 20.1 Å². The predicted molar refractivity (Wildman–Crippen MR) is 125 cm³/mol. The summed E-state index contributed by atoms with van der Waals surface area (Å²) in [6.45, 7) is 0.878. The summed E-state index contributed by atoms with van der Waals surface area (Å²) in [7, 11) is 1.52. The van der Waals surface area contributed by atoms with Crippen molar-refractivity contribution in [3.05, 3.63) is 59.9 Å². The second-order valence-electron chi connectivity index (χ2n) is 7.66. The molecule has 0 fully saturated rings. The van der Waals surface area contributed by atoms with E-state index in [1.165, 1.54) is 19.6 Å². The van der Waals surface area contributed by atoms with Crippen molar-refractivity contribution in [1.82, 2.24) is 14.8 Å². The molecule has 1 aliphatic rings. The molecule has 2 heterocycles. The molecule has 1 N–H and O–H groups in total. The van der Waals surface area contributed by atoms with Crippen molar-refractivity contribution in [2.45, 2.75) is 32.2 Å². The number of nitrogens with zero attached hydrogens (tertiary/aromatic N) is 4. The third-order valence-electron chi connectivity index (χ3n) is 5.43. The van der Waals surface area contributed by atoms with E-state index in [0.29, 0.717) is 17.2 Å². The Hall–Kier alpha value is -4.12. The molecule has 33 heavy (non-hydrogen) atoms. The highest BCUT2D eigenvalue weighted by atomic mass is 16.5. The highest BCUT2D eigenvalue weighted by Gasteiger charge is 2.16. The molecule has 0 aliphatic carbocycles. The summed E-state index contributed by atoms with van der Waals surface area (Å²) in [6.07, 6.45) is 7.62. The van der Waals surface area contributed by atoms with Crippen LogP contribution in [0, 0.1) is 11.3 Å². The number of nitrogens with one attached hydrogen (secondary N) is 1. The fraction of sp³-hybridized carbons (Fsp3) is 0.280. The van der Waals surface area contributed by atoms with E-state index in [9.17, 15) is 4.79 Å². The first-order valence-electron chi connectivity index (χ1n) is 10.9. The quantitative estimate of drug-likeness (QED) is 0.548. The van der Waals surface area contributed by atoms with Crippen molar-refractivity contribution in [3.63, 3.8) is 0 Å². The molecular formula is C25H25N5O3. The zero-order chi connectivity index (χ0) is 23.0. The Morgan fingerprint density at radius 3 is 2.79 bits per heavy atom. The second kappa shape index (κ2) is 10.5. The minimum absolute atomic E-state index is 0.0632. The van der Waals surface area contributed by atoms with Gasteiger partial charge >= 0.3 is 0 Å². The minimum Gasteiger partial charge on any atom is -0.493 e. The molecular weight excluding hydrogens is 418 g/mol. The van der Waals surface area contributed by atoms with Crippen molar-refractivity contribution >= 4 is 17.7 Å². The first kappa shape index (κ1) is 22.1. The number of carbonyl (C=O) groups is 1.